The Hall–Kier alpha value is -1.56. The standard InChI is InChI=1S/C15H24N2O3S/c1-4-5-6-13(14(18)19)17-15(20)16-10(2)9-12-8-7-11(3)21-12/h7-8,10,13H,4-6,9H2,1-3H3,(H,18,19)(H2,16,17,20)/t10?,13-/m0/s1. The number of nitrogens with one attached hydrogen (secondary N) is 2. The quantitative estimate of drug-likeness (QED) is 0.690. The van der Waals surface area contributed by atoms with Crippen LogP contribution in [0.4, 0.5) is 4.79 Å². The number of carbonyl (C=O) groups excluding carboxylic acids is 1. The lowest BCUT2D eigenvalue weighted by molar-refractivity contribution is -0.139. The van der Waals surface area contributed by atoms with Crippen LogP contribution in [0.15, 0.2) is 12.1 Å². The molecule has 21 heavy (non-hydrogen) atoms. The van der Waals surface area contributed by atoms with Gasteiger partial charge >= 0.3 is 12.0 Å². The number of hydrogen-bond acceptors (Lipinski definition) is 3. The third-order valence-corrected chi connectivity index (χ3v) is 4.15. The summed E-state index contributed by atoms with van der Waals surface area (Å²) in [5.74, 6) is -0.986. The second kappa shape index (κ2) is 8.67. The summed E-state index contributed by atoms with van der Waals surface area (Å²) in [6.07, 6.45) is 2.89. The van der Waals surface area contributed by atoms with Crippen molar-refractivity contribution in [3.05, 3.63) is 21.9 Å². The van der Waals surface area contributed by atoms with Crippen LogP contribution in [0.2, 0.25) is 0 Å². The molecule has 0 aliphatic heterocycles. The number of carboxylic acids is 1. The lowest BCUT2D eigenvalue weighted by Gasteiger charge is -2.18. The zero-order valence-corrected chi connectivity index (χ0v) is 13.6. The number of aliphatic carboxylic acids is 1. The van der Waals surface area contributed by atoms with Crippen LogP contribution in [0.3, 0.4) is 0 Å². The Bertz CT molecular complexity index is 473. The van der Waals surface area contributed by atoms with Gasteiger partial charge in [0.2, 0.25) is 0 Å². The van der Waals surface area contributed by atoms with Gasteiger partial charge in [0.15, 0.2) is 0 Å². The van der Waals surface area contributed by atoms with Gasteiger partial charge in [-0.2, -0.15) is 0 Å². The molecule has 1 aromatic heterocycles. The lowest BCUT2D eigenvalue weighted by Crippen LogP contribution is -2.48. The number of rotatable bonds is 8. The van der Waals surface area contributed by atoms with Crippen molar-refractivity contribution in [2.75, 3.05) is 0 Å². The van der Waals surface area contributed by atoms with Crippen LogP contribution in [0.25, 0.3) is 0 Å². The first-order chi connectivity index (χ1) is 9.92. The summed E-state index contributed by atoms with van der Waals surface area (Å²) in [6, 6.07) is 2.83. The molecular weight excluding hydrogens is 288 g/mol. The number of hydrogen-bond donors (Lipinski definition) is 3. The average Bonchev–Trinajstić information content (AvgIpc) is 2.79. The number of thiophene rings is 1. The fourth-order valence-electron chi connectivity index (χ4n) is 2.04. The zero-order valence-electron chi connectivity index (χ0n) is 12.8. The average molecular weight is 312 g/mol. The van der Waals surface area contributed by atoms with Crippen molar-refractivity contribution in [1.82, 2.24) is 10.6 Å². The van der Waals surface area contributed by atoms with Gasteiger partial charge < -0.3 is 15.7 Å². The van der Waals surface area contributed by atoms with Crippen LogP contribution in [-0.2, 0) is 11.2 Å². The molecule has 1 unspecified atom stereocenters. The molecule has 6 heteroatoms. The van der Waals surface area contributed by atoms with Crippen LogP contribution < -0.4 is 10.6 Å². The topological polar surface area (TPSA) is 78.4 Å². The van der Waals surface area contributed by atoms with E-state index in [9.17, 15) is 9.59 Å². The molecule has 0 bridgehead atoms. The molecule has 0 radical (unpaired) electrons. The fourth-order valence-corrected chi connectivity index (χ4v) is 3.06. The Morgan fingerprint density at radius 2 is 2.05 bits per heavy atom. The minimum atomic E-state index is -0.986. The molecule has 1 heterocycles. The molecule has 5 nitrogen and oxygen atoms in total. The van der Waals surface area contributed by atoms with E-state index in [0.717, 1.165) is 19.3 Å². The molecule has 0 fully saturated rings. The van der Waals surface area contributed by atoms with E-state index in [-0.39, 0.29) is 6.04 Å². The highest BCUT2D eigenvalue weighted by atomic mass is 32.1. The molecule has 2 atom stereocenters. The second-order valence-electron chi connectivity index (χ2n) is 5.27. The fraction of sp³-hybridized carbons (Fsp3) is 0.600. The van der Waals surface area contributed by atoms with Crippen LogP contribution in [-0.4, -0.2) is 29.2 Å². The van der Waals surface area contributed by atoms with Crippen molar-refractivity contribution < 1.29 is 14.7 Å². The summed E-state index contributed by atoms with van der Waals surface area (Å²) in [4.78, 5) is 25.4. The van der Waals surface area contributed by atoms with Crippen molar-refractivity contribution in [3.63, 3.8) is 0 Å². The monoisotopic (exact) mass is 312 g/mol. The highest BCUT2D eigenvalue weighted by Gasteiger charge is 2.20. The highest BCUT2D eigenvalue weighted by molar-refractivity contribution is 7.11. The predicted molar refractivity (Wildman–Crippen MR) is 84.8 cm³/mol. The molecule has 0 aliphatic rings. The van der Waals surface area contributed by atoms with Crippen LogP contribution >= 0.6 is 11.3 Å². The van der Waals surface area contributed by atoms with E-state index >= 15 is 0 Å². The third-order valence-electron chi connectivity index (χ3n) is 3.13. The van der Waals surface area contributed by atoms with Gasteiger partial charge in [0.1, 0.15) is 6.04 Å². The third kappa shape index (κ3) is 6.62. The van der Waals surface area contributed by atoms with Crippen molar-refractivity contribution in [3.8, 4) is 0 Å². The number of urea groups is 1. The van der Waals surface area contributed by atoms with Gasteiger partial charge in [-0.1, -0.05) is 19.8 Å². The number of amides is 2. The Balaban J connectivity index is 2.41. The zero-order chi connectivity index (χ0) is 15.8. The molecule has 1 aromatic rings. The molecule has 0 saturated carbocycles. The summed E-state index contributed by atoms with van der Waals surface area (Å²) in [5, 5.41) is 14.4. The van der Waals surface area contributed by atoms with Gasteiger partial charge in [0, 0.05) is 22.2 Å². The molecule has 118 valence electrons. The lowest BCUT2D eigenvalue weighted by atomic mass is 10.1. The van der Waals surface area contributed by atoms with E-state index in [4.69, 9.17) is 5.11 Å². The van der Waals surface area contributed by atoms with E-state index in [1.54, 1.807) is 11.3 Å². The molecule has 2 amide bonds. The van der Waals surface area contributed by atoms with Crippen molar-refractivity contribution in [1.29, 1.82) is 0 Å². The molecule has 1 rings (SSSR count). The summed E-state index contributed by atoms with van der Waals surface area (Å²) in [5.41, 5.74) is 0. The van der Waals surface area contributed by atoms with Gasteiger partial charge in [-0.3, -0.25) is 0 Å². The second-order valence-corrected chi connectivity index (χ2v) is 6.64. The molecule has 0 spiro atoms. The van der Waals surface area contributed by atoms with E-state index in [1.807, 2.05) is 20.8 Å². The maximum Gasteiger partial charge on any atom is 0.326 e. The first-order valence-corrected chi connectivity index (χ1v) is 8.09. The maximum absolute atomic E-state index is 11.8. The summed E-state index contributed by atoms with van der Waals surface area (Å²) in [7, 11) is 0. The van der Waals surface area contributed by atoms with Gasteiger partial charge in [-0.15, -0.1) is 11.3 Å². The SMILES string of the molecule is CCCC[C@H](NC(=O)NC(C)Cc1ccc(C)s1)C(=O)O. The minimum Gasteiger partial charge on any atom is -0.480 e. The van der Waals surface area contributed by atoms with Gasteiger partial charge in [0.05, 0.1) is 0 Å². The Kier molecular flexibility index (Phi) is 7.22. The van der Waals surface area contributed by atoms with Crippen LogP contribution in [0.1, 0.15) is 42.9 Å². The van der Waals surface area contributed by atoms with Crippen molar-refractivity contribution in [2.24, 2.45) is 0 Å². The van der Waals surface area contributed by atoms with Gasteiger partial charge in [-0.05, 0) is 32.4 Å². The smallest absolute Gasteiger partial charge is 0.326 e. The van der Waals surface area contributed by atoms with Gasteiger partial charge in [-0.25, -0.2) is 9.59 Å². The summed E-state index contributed by atoms with van der Waals surface area (Å²) >= 11 is 1.71. The Labute approximate surface area is 129 Å². The molecule has 3 N–H and O–H groups in total. The number of aryl methyl sites for hydroxylation is 1. The van der Waals surface area contributed by atoms with E-state index < -0.39 is 18.0 Å². The van der Waals surface area contributed by atoms with Crippen molar-refractivity contribution in [2.45, 2.75) is 58.5 Å². The molecule has 0 aromatic carbocycles. The largest absolute Gasteiger partial charge is 0.480 e. The van der Waals surface area contributed by atoms with E-state index in [0.29, 0.717) is 6.42 Å². The molecular formula is C15H24N2O3S. The van der Waals surface area contributed by atoms with Crippen molar-refractivity contribution >= 4 is 23.3 Å². The summed E-state index contributed by atoms with van der Waals surface area (Å²) in [6.45, 7) is 5.95. The van der Waals surface area contributed by atoms with Crippen LogP contribution in [0.5, 0.6) is 0 Å². The highest BCUT2D eigenvalue weighted by Crippen LogP contribution is 2.16. The minimum absolute atomic E-state index is 0.0383. The normalized spacial score (nSPS) is 13.5. The van der Waals surface area contributed by atoms with Gasteiger partial charge in [0.25, 0.3) is 0 Å². The van der Waals surface area contributed by atoms with E-state index in [2.05, 4.69) is 22.8 Å². The number of carboxylic acid groups (broad SMARTS) is 1. The molecule has 0 aliphatic carbocycles. The predicted octanol–water partition coefficient (Wildman–Crippen LogP) is 2.93. The summed E-state index contributed by atoms with van der Waals surface area (Å²) < 4.78 is 0. The Morgan fingerprint density at radius 3 is 2.57 bits per heavy atom. The molecule has 0 saturated heterocycles. The maximum atomic E-state index is 11.8. The number of carbonyl (C=O) groups is 2. The number of unbranched alkanes of at least 4 members (excludes halogenated alkanes) is 1. The first-order valence-electron chi connectivity index (χ1n) is 7.27. The first kappa shape index (κ1) is 17.5. The van der Waals surface area contributed by atoms with Crippen LogP contribution in [0, 0.1) is 6.92 Å². The van der Waals surface area contributed by atoms with E-state index in [1.165, 1.54) is 9.75 Å². The Morgan fingerprint density at radius 1 is 1.33 bits per heavy atom.